The Bertz CT molecular complexity index is 2230. The van der Waals surface area contributed by atoms with Crippen LogP contribution in [0.3, 0.4) is 0 Å². The van der Waals surface area contributed by atoms with Crippen LogP contribution in [0.4, 0.5) is 0 Å². The van der Waals surface area contributed by atoms with Gasteiger partial charge in [0.2, 0.25) is 0 Å². The van der Waals surface area contributed by atoms with Crippen LogP contribution in [0.2, 0.25) is 0 Å². The van der Waals surface area contributed by atoms with Crippen LogP contribution in [0, 0.1) is 11.1 Å². The minimum atomic E-state index is -5.06. The highest BCUT2D eigenvalue weighted by atomic mass is 79.9. The van der Waals surface area contributed by atoms with E-state index >= 15 is 0 Å². The maximum absolute atomic E-state index is 13.5. The fourth-order valence-corrected chi connectivity index (χ4v) is 13.9. The molecule has 0 fully saturated rings. The first-order valence-corrected chi connectivity index (χ1v) is 20.3. The largest absolute Gasteiger partial charge is 0.321 e. The fourth-order valence-electron chi connectivity index (χ4n) is 7.00. The van der Waals surface area contributed by atoms with Gasteiger partial charge in [-0.2, -0.15) is 27.1 Å². The Morgan fingerprint density at radius 2 is 0.900 bits per heavy atom. The second kappa shape index (κ2) is 13.0. The van der Waals surface area contributed by atoms with Crippen molar-refractivity contribution in [2.75, 3.05) is 0 Å². The van der Waals surface area contributed by atoms with Gasteiger partial charge in [-0.05, 0) is 69.8 Å². The van der Waals surface area contributed by atoms with Gasteiger partial charge in [0.25, 0.3) is 20.2 Å². The Labute approximate surface area is 320 Å². The molecule has 4 aromatic carbocycles. The number of nitrogens with two attached hydrogens (primary N) is 2. The third-order valence-electron chi connectivity index (χ3n) is 9.07. The van der Waals surface area contributed by atoms with Gasteiger partial charge in [0.05, 0.1) is 23.5 Å². The third-order valence-corrected chi connectivity index (χ3v) is 14.6. The van der Waals surface area contributed by atoms with E-state index in [1.165, 1.54) is 24.3 Å². The van der Waals surface area contributed by atoms with Crippen molar-refractivity contribution in [3.05, 3.63) is 135 Å². The molecule has 0 aliphatic heterocycles. The summed E-state index contributed by atoms with van der Waals surface area (Å²) in [6, 6.07) is 16.4. The molecule has 0 amide bonds. The zero-order valence-electron chi connectivity index (χ0n) is 25.1. The molecular formula is C32H24Br4N6O6S2. The summed E-state index contributed by atoms with van der Waals surface area (Å²) in [6.07, 6.45) is 2.99. The van der Waals surface area contributed by atoms with Crippen molar-refractivity contribution in [2.45, 2.75) is 21.6 Å². The van der Waals surface area contributed by atoms with Gasteiger partial charge in [-0.3, -0.25) is 9.11 Å². The third kappa shape index (κ3) is 5.30. The first-order valence-electron chi connectivity index (χ1n) is 14.3. The summed E-state index contributed by atoms with van der Waals surface area (Å²) >= 11 is 14.1. The first-order chi connectivity index (χ1) is 23.5. The molecule has 6 rings (SSSR count). The molecule has 18 heteroatoms. The monoisotopic (exact) mass is 968 g/mol. The van der Waals surface area contributed by atoms with Gasteiger partial charge in [-0.25, -0.2) is 11.1 Å². The van der Waals surface area contributed by atoms with Crippen molar-refractivity contribution in [2.24, 2.45) is 21.7 Å². The van der Waals surface area contributed by atoms with E-state index < -0.39 is 41.8 Å². The lowest BCUT2D eigenvalue weighted by Crippen LogP contribution is -2.54. The van der Waals surface area contributed by atoms with E-state index in [-0.39, 0.29) is 51.5 Å². The molecule has 4 atom stereocenters. The topological polar surface area (TPSA) is 233 Å². The summed E-state index contributed by atoms with van der Waals surface area (Å²) in [6.45, 7) is 0. The maximum Gasteiger partial charge on any atom is 0.281 e. The van der Waals surface area contributed by atoms with Crippen LogP contribution in [0.5, 0.6) is 0 Å². The molecule has 0 saturated carbocycles. The number of hydrogen-bond acceptors (Lipinski definition) is 10. The Morgan fingerprint density at radius 3 is 1.18 bits per heavy atom. The lowest BCUT2D eigenvalue weighted by Gasteiger charge is -2.41. The maximum atomic E-state index is 13.5. The van der Waals surface area contributed by atoms with Crippen LogP contribution in [0.25, 0.3) is 23.3 Å². The molecule has 8 N–H and O–H groups in total. The number of fused-ring (bicyclic) bond motifs is 2. The highest BCUT2D eigenvalue weighted by Crippen LogP contribution is 2.54. The van der Waals surface area contributed by atoms with E-state index in [0.717, 1.165) is 0 Å². The number of rotatable bonds is 7. The molecular weight excluding hydrogens is 948 g/mol. The summed E-state index contributed by atoms with van der Waals surface area (Å²) in [5.41, 5.74) is 30.7. The molecule has 4 unspecified atom stereocenters. The number of hydrogen-bond donors (Lipinski definition) is 6. The van der Waals surface area contributed by atoms with Crippen LogP contribution in [-0.2, 0) is 29.7 Å². The quantitative estimate of drug-likeness (QED) is 0.0781. The van der Waals surface area contributed by atoms with Crippen molar-refractivity contribution in [1.29, 1.82) is 11.1 Å². The Kier molecular flexibility index (Phi) is 9.63. The molecule has 258 valence electrons. The predicted octanol–water partition coefficient (Wildman–Crippen LogP) is 8.09. The SMILES string of the molecule is N=NC1=Cc2ccccc2C(c2c(Br)cc(-c3cc(Br)c(C4(S(=O)(=O)O)c5ccccc5C=C(N=N)C4N)c(Br)c3)cc2Br)(S(=O)(=O)O)C1N. The Morgan fingerprint density at radius 1 is 0.600 bits per heavy atom. The predicted molar refractivity (Wildman–Crippen MR) is 202 cm³/mol. The molecule has 12 nitrogen and oxygen atoms in total. The van der Waals surface area contributed by atoms with Crippen LogP contribution < -0.4 is 11.5 Å². The number of benzene rings is 4. The Balaban J connectivity index is 1.59. The van der Waals surface area contributed by atoms with Gasteiger partial charge >= 0.3 is 0 Å². The fraction of sp³-hybridized carbons (Fsp3) is 0.125. The highest BCUT2D eigenvalue weighted by molar-refractivity contribution is 9.11. The van der Waals surface area contributed by atoms with E-state index in [1.54, 1.807) is 60.7 Å². The molecule has 2 aliphatic rings. The summed E-state index contributed by atoms with van der Waals surface area (Å²) in [7, 11) is -10.1. The number of halogens is 4. The zero-order chi connectivity index (χ0) is 36.6. The van der Waals surface area contributed by atoms with Crippen molar-refractivity contribution >= 4 is 96.1 Å². The molecule has 0 spiro atoms. The van der Waals surface area contributed by atoms with Gasteiger partial charge in [-0.1, -0.05) is 112 Å². The van der Waals surface area contributed by atoms with Crippen molar-refractivity contribution in [1.82, 2.24) is 0 Å². The van der Waals surface area contributed by atoms with E-state index in [0.29, 0.717) is 22.3 Å². The lowest BCUT2D eigenvalue weighted by molar-refractivity contribution is 0.422. The summed E-state index contributed by atoms with van der Waals surface area (Å²) in [5.74, 6) is 0. The average Bonchev–Trinajstić information content (AvgIpc) is 3.04. The first kappa shape index (κ1) is 37.0. The van der Waals surface area contributed by atoms with Crippen molar-refractivity contribution < 1.29 is 25.9 Å². The molecule has 2 aliphatic carbocycles. The van der Waals surface area contributed by atoms with Crippen LogP contribution in [-0.4, -0.2) is 38.0 Å². The van der Waals surface area contributed by atoms with Gasteiger partial charge in [0.15, 0.2) is 9.49 Å². The zero-order valence-corrected chi connectivity index (χ0v) is 33.1. The van der Waals surface area contributed by atoms with Crippen LogP contribution >= 0.6 is 63.7 Å². The van der Waals surface area contributed by atoms with Gasteiger partial charge in [0, 0.05) is 29.0 Å². The lowest BCUT2D eigenvalue weighted by atomic mass is 9.76. The summed E-state index contributed by atoms with van der Waals surface area (Å²) in [4.78, 5) is 0. The number of nitrogens with one attached hydrogen (secondary N) is 2. The molecule has 4 aromatic rings. The summed E-state index contributed by atoms with van der Waals surface area (Å²) in [5, 5.41) is 6.97. The smallest absolute Gasteiger partial charge is 0.281 e. The molecule has 0 heterocycles. The van der Waals surface area contributed by atoms with Crippen molar-refractivity contribution in [3.63, 3.8) is 0 Å². The minimum absolute atomic E-state index is 0.0567. The number of nitrogens with zero attached hydrogens (tertiary/aromatic N) is 2. The van der Waals surface area contributed by atoms with Gasteiger partial charge in [-0.15, -0.1) is 0 Å². The van der Waals surface area contributed by atoms with Crippen molar-refractivity contribution in [3.8, 4) is 11.1 Å². The normalized spacial score (nSPS) is 23.3. The summed E-state index contributed by atoms with van der Waals surface area (Å²) < 4.78 is 72.4. The molecule has 0 aromatic heterocycles. The standard InChI is InChI=1S/C32H24Br4N6O6S2/c33-21-9-17(10-22(34)27(21)31(49(43,44)45)19-7-3-1-5-15(19)13-25(41-39)29(31)37)18-11-23(35)28(24(36)12-18)32(50(46,47)48)20-8-4-2-6-16(20)14-26(42-40)30(32)38/h1-14,29-30,39-40H,37-38H2,(H,43,44,45)(H,46,47,48). The van der Waals surface area contributed by atoms with E-state index in [1.807, 2.05) is 0 Å². The van der Waals surface area contributed by atoms with Crippen LogP contribution in [0.15, 0.2) is 112 Å². The highest BCUT2D eigenvalue weighted by Gasteiger charge is 2.59. The Hall–Kier alpha value is -2.78. The minimum Gasteiger partial charge on any atom is -0.321 e. The second-order valence-corrected chi connectivity index (χ2v) is 18.1. The molecule has 0 bridgehead atoms. The van der Waals surface area contributed by atoms with E-state index in [9.17, 15) is 25.9 Å². The second-order valence-electron chi connectivity index (χ2n) is 11.5. The van der Waals surface area contributed by atoms with E-state index in [2.05, 4.69) is 73.9 Å². The average molecular weight is 972 g/mol. The molecule has 50 heavy (non-hydrogen) atoms. The molecule has 0 saturated heterocycles. The molecule has 0 radical (unpaired) electrons. The van der Waals surface area contributed by atoms with E-state index in [4.69, 9.17) is 22.5 Å². The van der Waals surface area contributed by atoms with Gasteiger partial charge in [0.1, 0.15) is 0 Å². The van der Waals surface area contributed by atoms with Crippen LogP contribution in [0.1, 0.15) is 33.4 Å². The van der Waals surface area contributed by atoms with Gasteiger partial charge < -0.3 is 11.5 Å².